The highest BCUT2D eigenvalue weighted by atomic mass is 32.1. The normalized spacial score (nSPS) is 11.7. The Hall–Kier alpha value is -1.88. The van der Waals surface area contributed by atoms with Crippen LogP contribution in [0.25, 0.3) is 10.1 Å². The van der Waals surface area contributed by atoms with Crippen LogP contribution < -0.4 is 11.2 Å². The minimum atomic E-state index is -0.654. The molecule has 2 rings (SSSR count). The predicted octanol–water partition coefficient (Wildman–Crippen LogP) is 2.29. The SMILES string of the molecule is C/C(=N/NC(N)=O)c1csc2ccccc12. The van der Waals surface area contributed by atoms with E-state index in [9.17, 15) is 4.79 Å². The number of hydrogen-bond acceptors (Lipinski definition) is 3. The van der Waals surface area contributed by atoms with Gasteiger partial charge in [-0.25, -0.2) is 10.2 Å². The van der Waals surface area contributed by atoms with Crippen LogP contribution in [0.1, 0.15) is 12.5 Å². The molecule has 0 atom stereocenters. The van der Waals surface area contributed by atoms with Crippen molar-refractivity contribution >= 4 is 33.2 Å². The van der Waals surface area contributed by atoms with Crippen LogP contribution in [0.15, 0.2) is 34.7 Å². The third-order valence-electron chi connectivity index (χ3n) is 2.20. The summed E-state index contributed by atoms with van der Waals surface area (Å²) in [7, 11) is 0. The lowest BCUT2D eigenvalue weighted by atomic mass is 10.1. The Morgan fingerprint density at radius 3 is 2.94 bits per heavy atom. The number of nitrogens with zero attached hydrogens (tertiary/aromatic N) is 1. The van der Waals surface area contributed by atoms with Crippen LogP contribution in [0.4, 0.5) is 4.79 Å². The summed E-state index contributed by atoms with van der Waals surface area (Å²) >= 11 is 1.65. The quantitative estimate of drug-likeness (QED) is 0.606. The Balaban J connectivity index is 2.40. The molecule has 0 saturated carbocycles. The van der Waals surface area contributed by atoms with E-state index >= 15 is 0 Å². The summed E-state index contributed by atoms with van der Waals surface area (Å²) in [6, 6.07) is 7.41. The van der Waals surface area contributed by atoms with E-state index in [-0.39, 0.29) is 0 Å². The smallest absolute Gasteiger partial charge is 0.332 e. The number of fused-ring (bicyclic) bond motifs is 1. The van der Waals surface area contributed by atoms with Gasteiger partial charge in [-0.05, 0) is 13.0 Å². The van der Waals surface area contributed by atoms with Crippen LogP contribution in [0.2, 0.25) is 0 Å². The molecule has 1 aromatic carbocycles. The second-order valence-electron chi connectivity index (χ2n) is 3.32. The van der Waals surface area contributed by atoms with Gasteiger partial charge in [0, 0.05) is 21.0 Å². The summed E-state index contributed by atoms with van der Waals surface area (Å²) in [6.07, 6.45) is 0. The monoisotopic (exact) mass is 233 g/mol. The first-order valence-electron chi connectivity index (χ1n) is 4.75. The van der Waals surface area contributed by atoms with Gasteiger partial charge in [0.15, 0.2) is 0 Å². The molecule has 0 fully saturated rings. The molecule has 4 nitrogen and oxygen atoms in total. The fourth-order valence-electron chi connectivity index (χ4n) is 1.46. The minimum absolute atomic E-state index is 0.654. The largest absolute Gasteiger partial charge is 0.350 e. The average Bonchev–Trinajstić information content (AvgIpc) is 2.69. The molecule has 1 aromatic heterocycles. The zero-order chi connectivity index (χ0) is 11.5. The number of urea groups is 1. The zero-order valence-corrected chi connectivity index (χ0v) is 9.54. The maximum Gasteiger partial charge on any atom is 0.332 e. The van der Waals surface area contributed by atoms with Gasteiger partial charge < -0.3 is 5.73 Å². The number of primary amides is 1. The van der Waals surface area contributed by atoms with Gasteiger partial charge in [0.05, 0.1) is 5.71 Å². The number of carbonyl (C=O) groups is 1. The number of amides is 2. The first-order chi connectivity index (χ1) is 7.68. The second-order valence-corrected chi connectivity index (χ2v) is 4.23. The molecule has 0 aliphatic carbocycles. The molecule has 0 bridgehead atoms. The molecule has 0 saturated heterocycles. The molecular formula is C11H11N3OS. The molecule has 2 aromatic rings. The molecule has 0 spiro atoms. The predicted molar refractivity (Wildman–Crippen MR) is 66.8 cm³/mol. The van der Waals surface area contributed by atoms with Gasteiger partial charge in [-0.1, -0.05) is 18.2 Å². The zero-order valence-electron chi connectivity index (χ0n) is 8.73. The van der Waals surface area contributed by atoms with Crippen LogP contribution in [0.5, 0.6) is 0 Å². The molecular weight excluding hydrogens is 222 g/mol. The molecule has 16 heavy (non-hydrogen) atoms. The number of carbonyl (C=O) groups excluding carboxylic acids is 1. The van der Waals surface area contributed by atoms with Crippen molar-refractivity contribution in [3.63, 3.8) is 0 Å². The molecule has 0 unspecified atom stereocenters. The van der Waals surface area contributed by atoms with Crippen molar-refractivity contribution in [2.75, 3.05) is 0 Å². The standard InChI is InChI=1S/C11H11N3OS/c1-7(13-14-11(12)15)9-6-16-10-5-3-2-4-8(9)10/h2-6H,1H3,(H3,12,14,15)/b13-7-. The second kappa shape index (κ2) is 4.32. The van der Waals surface area contributed by atoms with Gasteiger partial charge in [0.25, 0.3) is 0 Å². The molecule has 0 radical (unpaired) electrons. The van der Waals surface area contributed by atoms with E-state index in [4.69, 9.17) is 5.73 Å². The lowest BCUT2D eigenvalue weighted by Crippen LogP contribution is -2.25. The summed E-state index contributed by atoms with van der Waals surface area (Å²) in [5.74, 6) is 0. The molecule has 0 aliphatic rings. The Bertz CT molecular complexity index is 559. The van der Waals surface area contributed by atoms with E-state index < -0.39 is 6.03 Å². The van der Waals surface area contributed by atoms with Crippen molar-refractivity contribution in [2.45, 2.75) is 6.92 Å². The van der Waals surface area contributed by atoms with Gasteiger partial charge in [-0.15, -0.1) is 11.3 Å². The summed E-state index contributed by atoms with van der Waals surface area (Å²) < 4.78 is 1.20. The third-order valence-corrected chi connectivity index (χ3v) is 3.17. The van der Waals surface area contributed by atoms with Crippen molar-refractivity contribution in [1.82, 2.24) is 5.43 Å². The number of thiophene rings is 1. The van der Waals surface area contributed by atoms with Crippen LogP contribution in [0, 0.1) is 0 Å². The molecule has 2 amide bonds. The third kappa shape index (κ3) is 2.04. The number of nitrogens with one attached hydrogen (secondary N) is 1. The first kappa shape index (κ1) is 10.6. The molecule has 3 N–H and O–H groups in total. The highest BCUT2D eigenvalue weighted by Crippen LogP contribution is 2.25. The van der Waals surface area contributed by atoms with Crippen LogP contribution >= 0.6 is 11.3 Å². The number of hydrazone groups is 1. The fraction of sp³-hybridized carbons (Fsp3) is 0.0909. The average molecular weight is 233 g/mol. The van der Waals surface area contributed by atoms with Crippen LogP contribution in [0.3, 0.4) is 0 Å². The number of rotatable bonds is 2. The van der Waals surface area contributed by atoms with Crippen molar-refractivity contribution in [3.8, 4) is 0 Å². The van der Waals surface area contributed by atoms with E-state index in [0.29, 0.717) is 0 Å². The maximum absolute atomic E-state index is 10.5. The maximum atomic E-state index is 10.5. The van der Waals surface area contributed by atoms with E-state index in [1.165, 1.54) is 4.70 Å². The summed E-state index contributed by atoms with van der Waals surface area (Å²) in [5, 5.41) is 7.07. The van der Waals surface area contributed by atoms with E-state index in [1.54, 1.807) is 11.3 Å². The molecule has 0 aliphatic heterocycles. The Kier molecular flexibility index (Phi) is 2.87. The van der Waals surface area contributed by atoms with Crippen LogP contribution in [-0.2, 0) is 0 Å². The van der Waals surface area contributed by atoms with Crippen molar-refractivity contribution in [1.29, 1.82) is 0 Å². The van der Waals surface area contributed by atoms with Gasteiger partial charge in [-0.3, -0.25) is 0 Å². The fourth-order valence-corrected chi connectivity index (χ4v) is 2.46. The van der Waals surface area contributed by atoms with E-state index in [0.717, 1.165) is 16.7 Å². The van der Waals surface area contributed by atoms with Gasteiger partial charge >= 0.3 is 6.03 Å². The Morgan fingerprint density at radius 1 is 1.44 bits per heavy atom. The van der Waals surface area contributed by atoms with Crippen molar-refractivity contribution < 1.29 is 4.79 Å². The number of benzene rings is 1. The summed E-state index contributed by atoms with van der Waals surface area (Å²) in [6.45, 7) is 1.84. The lowest BCUT2D eigenvalue weighted by Gasteiger charge is -1.99. The Morgan fingerprint density at radius 2 is 2.19 bits per heavy atom. The van der Waals surface area contributed by atoms with Gasteiger partial charge in [-0.2, -0.15) is 5.10 Å². The Labute approximate surface area is 96.8 Å². The summed E-state index contributed by atoms with van der Waals surface area (Å²) in [5.41, 5.74) is 8.95. The topological polar surface area (TPSA) is 67.5 Å². The number of nitrogens with two attached hydrogens (primary N) is 1. The highest BCUT2D eigenvalue weighted by Gasteiger charge is 2.06. The van der Waals surface area contributed by atoms with E-state index in [1.807, 2.05) is 30.5 Å². The molecule has 82 valence electrons. The molecule has 5 heteroatoms. The van der Waals surface area contributed by atoms with Crippen LogP contribution in [-0.4, -0.2) is 11.7 Å². The van der Waals surface area contributed by atoms with Crippen molar-refractivity contribution in [2.24, 2.45) is 10.8 Å². The number of hydrogen-bond donors (Lipinski definition) is 2. The first-order valence-corrected chi connectivity index (χ1v) is 5.63. The molecule has 1 heterocycles. The van der Waals surface area contributed by atoms with E-state index in [2.05, 4.69) is 16.6 Å². The highest BCUT2D eigenvalue weighted by molar-refractivity contribution is 7.17. The van der Waals surface area contributed by atoms with Crippen molar-refractivity contribution in [3.05, 3.63) is 35.2 Å². The van der Waals surface area contributed by atoms with Gasteiger partial charge in [0.2, 0.25) is 0 Å². The van der Waals surface area contributed by atoms with Gasteiger partial charge in [0.1, 0.15) is 0 Å². The summed E-state index contributed by atoms with van der Waals surface area (Å²) in [4.78, 5) is 10.5. The lowest BCUT2D eigenvalue weighted by molar-refractivity contribution is 0.249. The minimum Gasteiger partial charge on any atom is -0.350 e.